The monoisotopic (exact) mass is 712 g/mol. The van der Waals surface area contributed by atoms with Crippen molar-refractivity contribution in [3.05, 3.63) is 114 Å². The number of aryl methyl sites for hydroxylation is 2. The van der Waals surface area contributed by atoms with Crippen LogP contribution >= 0.6 is 50.3 Å². The van der Waals surface area contributed by atoms with Crippen molar-refractivity contribution in [1.29, 1.82) is 0 Å². The molecule has 5 rings (SSSR count). The molecular weight excluding hydrogens is 685 g/mol. The molecule has 2 radical (unpaired) electrons. The fourth-order valence-corrected chi connectivity index (χ4v) is 6.85. The summed E-state index contributed by atoms with van der Waals surface area (Å²) < 4.78 is 0. The van der Waals surface area contributed by atoms with Gasteiger partial charge in [-0.05, 0) is 6.04 Å². The summed E-state index contributed by atoms with van der Waals surface area (Å²) in [5, 5.41) is 6.81. The van der Waals surface area contributed by atoms with E-state index in [-0.39, 0.29) is 0 Å². The Morgan fingerprint density at radius 1 is 0.684 bits per heavy atom. The Kier molecular flexibility index (Phi) is 16.8. The first kappa shape index (κ1) is 33.9. The number of rotatable bonds is 6. The van der Waals surface area contributed by atoms with E-state index in [1.807, 2.05) is 6.07 Å². The molecule has 0 aromatic heterocycles. The van der Waals surface area contributed by atoms with Gasteiger partial charge in [-0.1, -0.05) is 80.4 Å². The van der Waals surface area contributed by atoms with Crippen molar-refractivity contribution in [3.63, 3.8) is 0 Å². The summed E-state index contributed by atoms with van der Waals surface area (Å²) >= 11 is 16.6. The van der Waals surface area contributed by atoms with Crippen molar-refractivity contribution in [1.82, 2.24) is 0 Å². The fraction of sp³-hybridized carbons (Fsp3) is 0.200. The van der Waals surface area contributed by atoms with Gasteiger partial charge in [0.05, 0.1) is 9.52 Å². The predicted molar refractivity (Wildman–Crippen MR) is 174 cm³/mol. The van der Waals surface area contributed by atoms with E-state index in [4.69, 9.17) is 50.3 Å². The Morgan fingerprint density at radius 2 is 1.13 bits per heavy atom. The van der Waals surface area contributed by atoms with Gasteiger partial charge < -0.3 is 0 Å². The van der Waals surface area contributed by atoms with Gasteiger partial charge in [-0.15, -0.1) is 114 Å². The van der Waals surface area contributed by atoms with Crippen molar-refractivity contribution in [2.45, 2.75) is 38.8 Å². The molecule has 8 heteroatoms. The number of halogens is 5. The molecule has 0 unspecified atom stereocenters. The van der Waals surface area contributed by atoms with Gasteiger partial charge in [0.25, 0.3) is 0 Å². The Labute approximate surface area is 263 Å². The third-order valence-corrected chi connectivity index (χ3v) is 9.48. The zero-order valence-electron chi connectivity index (χ0n) is 21.5. The first-order valence-corrected chi connectivity index (χ1v) is 25.1. The molecule has 0 spiro atoms. The summed E-state index contributed by atoms with van der Waals surface area (Å²) in [4.78, 5) is 0. The molecule has 38 heavy (non-hydrogen) atoms. The van der Waals surface area contributed by atoms with Crippen LogP contribution < -0.4 is 5.19 Å². The standard InChI is InChI=1S/C10H13Cl3Si2.2C10H9.2ClH.Zr/c11-15(12,13)9-5-4-8-14-10-6-2-1-3-7-10;2*1-8-6-9-4-2-3-5-10(9)7-8;;;/h1-3,6-7H,4-5,8-9H2;2*2-7H,1H3;2*1H;/q;2*-1;;;+4/p-2. The molecule has 5 aromatic carbocycles. The summed E-state index contributed by atoms with van der Waals surface area (Å²) in [6.07, 6.45) is 2.21. The molecule has 0 atom stereocenters. The van der Waals surface area contributed by atoms with Gasteiger partial charge in [0.1, 0.15) is 0 Å². The summed E-state index contributed by atoms with van der Waals surface area (Å²) in [7, 11) is 10.8. The van der Waals surface area contributed by atoms with Gasteiger partial charge in [-0.2, -0.15) is 12.1 Å². The number of benzene rings is 3. The minimum atomic E-state index is -2.37. The number of hydrogen-bond donors (Lipinski definition) is 0. The van der Waals surface area contributed by atoms with Crippen molar-refractivity contribution in [3.8, 4) is 0 Å². The van der Waals surface area contributed by atoms with Crippen LogP contribution in [0.2, 0.25) is 12.1 Å². The Bertz CT molecular complexity index is 1170. The molecule has 0 aliphatic rings. The fourth-order valence-electron chi connectivity index (χ4n) is 3.85. The van der Waals surface area contributed by atoms with Crippen molar-refractivity contribution in [2.75, 3.05) is 0 Å². The van der Waals surface area contributed by atoms with E-state index < -0.39 is 26.9 Å². The molecule has 0 N–H and O–H groups in total. The molecule has 0 heterocycles. The topological polar surface area (TPSA) is 0 Å². The van der Waals surface area contributed by atoms with Crippen LogP contribution in [0, 0.1) is 13.8 Å². The second-order valence-corrected chi connectivity index (χ2v) is 23.2. The minimum absolute atomic E-state index is 0.789. The molecule has 198 valence electrons. The van der Waals surface area contributed by atoms with E-state index in [9.17, 15) is 0 Å². The van der Waals surface area contributed by atoms with E-state index in [2.05, 4.69) is 111 Å². The molecule has 0 amide bonds. The van der Waals surface area contributed by atoms with Crippen LogP contribution in [0.25, 0.3) is 21.5 Å². The van der Waals surface area contributed by atoms with Crippen molar-refractivity contribution in [2.24, 2.45) is 0 Å². The molecular formula is C30H31Cl5Si2Zr. The number of unbranched alkanes of at least 4 members (excludes halogenated alkanes) is 1. The van der Waals surface area contributed by atoms with E-state index >= 15 is 0 Å². The number of hydrogen-bond acceptors (Lipinski definition) is 0. The third-order valence-electron chi connectivity index (χ3n) is 5.51. The summed E-state index contributed by atoms with van der Waals surface area (Å²) in [6.45, 7) is 4.25. The zero-order chi connectivity index (χ0) is 27.8. The van der Waals surface area contributed by atoms with Crippen molar-refractivity contribution < 1.29 is 20.8 Å². The van der Waals surface area contributed by atoms with Gasteiger partial charge in [0, 0.05) is 0 Å². The SMILES string of the molecule is Cc1cc2ccccc2[cH-]1.Cc1cc2ccccc2[cH-]1.Cl[Si](Cl)(Cl)CCCC[Si]c1ccccc1.[Cl][Zr+2][Cl]. The van der Waals surface area contributed by atoms with Crippen LogP contribution in [-0.4, -0.2) is 15.5 Å². The van der Waals surface area contributed by atoms with E-state index in [0.29, 0.717) is 0 Å². The van der Waals surface area contributed by atoms with Crippen LogP contribution in [0.15, 0.2) is 103 Å². The van der Waals surface area contributed by atoms with E-state index in [0.717, 1.165) is 28.4 Å². The second-order valence-electron chi connectivity index (χ2n) is 8.76. The van der Waals surface area contributed by atoms with Crippen LogP contribution in [0.3, 0.4) is 0 Å². The molecule has 0 fully saturated rings. The van der Waals surface area contributed by atoms with Crippen LogP contribution in [0.5, 0.6) is 0 Å². The van der Waals surface area contributed by atoms with Gasteiger partial charge in [-0.3, -0.25) is 0 Å². The normalized spacial score (nSPS) is 10.4. The maximum absolute atomic E-state index is 5.80. The second kappa shape index (κ2) is 18.9. The first-order valence-electron chi connectivity index (χ1n) is 12.3. The molecule has 0 bridgehead atoms. The van der Waals surface area contributed by atoms with Crippen molar-refractivity contribution >= 4 is 92.5 Å². The van der Waals surface area contributed by atoms with Crippen LogP contribution in [0.1, 0.15) is 24.0 Å². The maximum atomic E-state index is 5.80. The molecule has 5 aromatic rings. The van der Waals surface area contributed by atoms with Gasteiger partial charge in [-0.25, -0.2) is 0 Å². The van der Waals surface area contributed by atoms with Crippen LogP contribution in [0.4, 0.5) is 0 Å². The Hall–Kier alpha value is -0.353. The molecule has 0 saturated heterocycles. The summed E-state index contributed by atoms with van der Waals surface area (Å²) in [5.74, 6) is 0. The molecule has 0 aliphatic carbocycles. The molecule has 0 nitrogen and oxygen atoms in total. The predicted octanol–water partition coefficient (Wildman–Crippen LogP) is 11.0. The van der Waals surface area contributed by atoms with Gasteiger partial charge in [0.2, 0.25) is 0 Å². The Balaban J connectivity index is 0.000000194. The van der Waals surface area contributed by atoms with Gasteiger partial charge >= 0.3 is 43.9 Å². The zero-order valence-corrected chi connectivity index (χ0v) is 29.8. The van der Waals surface area contributed by atoms with Gasteiger partial charge in [0.15, 0.2) is 0 Å². The average molecular weight is 716 g/mol. The number of fused-ring (bicyclic) bond motifs is 2. The molecule has 0 aliphatic heterocycles. The Morgan fingerprint density at radius 3 is 1.58 bits per heavy atom. The van der Waals surface area contributed by atoms with E-state index in [1.54, 1.807) is 0 Å². The molecule has 0 saturated carbocycles. The quantitative estimate of drug-likeness (QED) is 0.0711. The van der Waals surface area contributed by atoms with E-state index in [1.165, 1.54) is 43.9 Å². The first-order chi connectivity index (χ1) is 18.2. The summed E-state index contributed by atoms with van der Waals surface area (Å²) in [6, 6.07) is 35.8. The summed E-state index contributed by atoms with van der Waals surface area (Å²) in [5.41, 5.74) is 2.70. The average Bonchev–Trinajstić information content (AvgIpc) is 3.45. The third kappa shape index (κ3) is 14.3. The van der Waals surface area contributed by atoms with Crippen LogP contribution in [-0.2, 0) is 20.8 Å².